The highest BCUT2D eigenvalue weighted by atomic mass is 35.5. The van der Waals surface area contributed by atoms with Gasteiger partial charge in [-0.1, -0.05) is 23.7 Å². The standard InChI is InChI=1S/C12H12ClNO2/c1-7-8-3-2-4-9(13)12(8)14-10(7)5-6-11(15)16/h2-4,14H,5-6H2,1H3,(H,15,16). The molecule has 0 aliphatic heterocycles. The van der Waals surface area contributed by atoms with Crippen molar-refractivity contribution >= 4 is 28.5 Å². The lowest BCUT2D eigenvalue weighted by Crippen LogP contribution is -1.98. The van der Waals surface area contributed by atoms with E-state index in [1.165, 1.54) is 0 Å². The van der Waals surface area contributed by atoms with Crippen molar-refractivity contribution in [2.75, 3.05) is 0 Å². The largest absolute Gasteiger partial charge is 0.481 e. The van der Waals surface area contributed by atoms with Crippen LogP contribution in [-0.2, 0) is 11.2 Å². The summed E-state index contributed by atoms with van der Waals surface area (Å²) in [5, 5.41) is 10.4. The molecule has 1 aromatic heterocycles. The van der Waals surface area contributed by atoms with Gasteiger partial charge in [0.05, 0.1) is 17.0 Å². The summed E-state index contributed by atoms with van der Waals surface area (Å²) in [6.07, 6.45) is 0.636. The first-order valence-corrected chi connectivity index (χ1v) is 5.45. The zero-order chi connectivity index (χ0) is 11.7. The summed E-state index contributed by atoms with van der Waals surface area (Å²) in [6, 6.07) is 5.70. The first-order valence-electron chi connectivity index (χ1n) is 5.07. The highest BCUT2D eigenvalue weighted by molar-refractivity contribution is 6.35. The van der Waals surface area contributed by atoms with E-state index < -0.39 is 5.97 Å². The Morgan fingerprint density at radius 1 is 1.50 bits per heavy atom. The summed E-state index contributed by atoms with van der Waals surface area (Å²) in [6.45, 7) is 1.98. The molecule has 3 nitrogen and oxygen atoms in total. The number of nitrogens with one attached hydrogen (secondary N) is 1. The summed E-state index contributed by atoms with van der Waals surface area (Å²) >= 11 is 6.06. The fraction of sp³-hybridized carbons (Fsp3) is 0.250. The summed E-state index contributed by atoms with van der Waals surface area (Å²) in [5.41, 5.74) is 2.92. The van der Waals surface area contributed by atoms with E-state index in [1.807, 2.05) is 25.1 Å². The monoisotopic (exact) mass is 237 g/mol. The number of rotatable bonds is 3. The van der Waals surface area contributed by atoms with E-state index in [9.17, 15) is 4.79 Å². The third kappa shape index (κ3) is 1.91. The number of carbonyl (C=O) groups is 1. The van der Waals surface area contributed by atoms with Crippen molar-refractivity contribution in [1.82, 2.24) is 4.98 Å². The number of aromatic amines is 1. The Labute approximate surface area is 98.0 Å². The van der Waals surface area contributed by atoms with Crippen molar-refractivity contribution < 1.29 is 9.90 Å². The van der Waals surface area contributed by atoms with Crippen LogP contribution in [-0.4, -0.2) is 16.1 Å². The summed E-state index contributed by atoms with van der Waals surface area (Å²) in [4.78, 5) is 13.7. The van der Waals surface area contributed by atoms with Crippen molar-refractivity contribution in [2.24, 2.45) is 0 Å². The van der Waals surface area contributed by atoms with Crippen molar-refractivity contribution in [3.63, 3.8) is 0 Å². The van der Waals surface area contributed by atoms with Gasteiger partial charge in [0.15, 0.2) is 0 Å². The van der Waals surface area contributed by atoms with Crippen molar-refractivity contribution in [2.45, 2.75) is 19.8 Å². The number of carboxylic acid groups (broad SMARTS) is 1. The molecule has 0 saturated carbocycles. The fourth-order valence-electron chi connectivity index (χ4n) is 1.85. The van der Waals surface area contributed by atoms with Gasteiger partial charge in [-0.15, -0.1) is 0 Å². The van der Waals surface area contributed by atoms with Crippen LogP contribution in [0.2, 0.25) is 5.02 Å². The van der Waals surface area contributed by atoms with Gasteiger partial charge in [0.25, 0.3) is 0 Å². The summed E-state index contributed by atoms with van der Waals surface area (Å²) in [7, 11) is 0. The summed E-state index contributed by atoms with van der Waals surface area (Å²) in [5.74, 6) is -0.788. The molecule has 0 atom stereocenters. The topological polar surface area (TPSA) is 53.1 Å². The average Bonchev–Trinajstić information content (AvgIpc) is 2.55. The van der Waals surface area contributed by atoms with Gasteiger partial charge in [0.2, 0.25) is 0 Å². The van der Waals surface area contributed by atoms with Crippen LogP contribution in [0.25, 0.3) is 10.9 Å². The second-order valence-electron chi connectivity index (χ2n) is 3.78. The van der Waals surface area contributed by atoms with Crippen molar-refractivity contribution in [3.05, 3.63) is 34.5 Å². The van der Waals surface area contributed by atoms with Crippen LogP contribution >= 0.6 is 11.6 Å². The number of carboxylic acids is 1. The number of H-pyrrole nitrogens is 1. The van der Waals surface area contributed by atoms with Gasteiger partial charge in [-0.2, -0.15) is 0 Å². The Morgan fingerprint density at radius 3 is 2.88 bits per heavy atom. The van der Waals surface area contributed by atoms with E-state index in [4.69, 9.17) is 16.7 Å². The average molecular weight is 238 g/mol. The number of hydrogen-bond acceptors (Lipinski definition) is 1. The number of halogens is 1. The lowest BCUT2D eigenvalue weighted by molar-refractivity contribution is -0.136. The quantitative estimate of drug-likeness (QED) is 0.862. The molecule has 16 heavy (non-hydrogen) atoms. The van der Waals surface area contributed by atoms with Gasteiger partial charge in [0, 0.05) is 11.1 Å². The van der Waals surface area contributed by atoms with E-state index in [1.54, 1.807) is 0 Å². The molecule has 1 aromatic carbocycles. The lowest BCUT2D eigenvalue weighted by Gasteiger charge is -1.96. The molecule has 2 rings (SSSR count). The Morgan fingerprint density at radius 2 is 2.25 bits per heavy atom. The van der Waals surface area contributed by atoms with E-state index in [0.717, 1.165) is 22.2 Å². The van der Waals surface area contributed by atoms with E-state index in [2.05, 4.69) is 4.98 Å². The van der Waals surface area contributed by atoms with Gasteiger partial charge < -0.3 is 10.1 Å². The van der Waals surface area contributed by atoms with E-state index >= 15 is 0 Å². The molecule has 84 valence electrons. The van der Waals surface area contributed by atoms with Crippen LogP contribution < -0.4 is 0 Å². The third-order valence-electron chi connectivity index (χ3n) is 2.74. The minimum absolute atomic E-state index is 0.130. The number of benzene rings is 1. The predicted octanol–water partition coefficient (Wildman–Crippen LogP) is 3.15. The number of fused-ring (bicyclic) bond motifs is 1. The zero-order valence-electron chi connectivity index (χ0n) is 8.88. The van der Waals surface area contributed by atoms with E-state index in [0.29, 0.717) is 11.4 Å². The minimum Gasteiger partial charge on any atom is -0.481 e. The molecule has 0 spiro atoms. The molecule has 2 N–H and O–H groups in total. The van der Waals surface area contributed by atoms with Crippen LogP contribution in [0.4, 0.5) is 0 Å². The minimum atomic E-state index is -0.788. The number of para-hydroxylation sites is 1. The van der Waals surface area contributed by atoms with Gasteiger partial charge in [0.1, 0.15) is 0 Å². The smallest absolute Gasteiger partial charge is 0.303 e. The van der Waals surface area contributed by atoms with Crippen molar-refractivity contribution in [3.8, 4) is 0 Å². The Hall–Kier alpha value is -1.48. The Balaban J connectivity index is 2.44. The zero-order valence-corrected chi connectivity index (χ0v) is 9.64. The molecular weight excluding hydrogens is 226 g/mol. The highest BCUT2D eigenvalue weighted by Crippen LogP contribution is 2.27. The van der Waals surface area contributed by atoms with Gasteiger partial charge in [-0.25, -0.2) is 0 Å². The Bertz CT molecular complexity index is 545. The molecule has 1 heterocycles. The predicted molar refractivity (Wildman–Crippen MR) is 64.0 cm³/mol. The summed E-state index contributed by atoms with van der Waals surface area (Å²) < 4.78 is 0. The SMILES string of the molecule is Cc1c(CCC(=O)O)[nH]c2c(Cl)cccc12. The van der Waals surface area contributed by atoms with Gasteiger partial charge >= 0.3 is 5.97 Å². The number of hydrogen-bond donors (Lipinski definition) is 2. The maximum atomic E-state index is 10.5. The van der Waals surface area contributed by atoms with Crippen LogP contribution in [0.15, 0.2) is 18.2 Å². The first kappa shape index (κ1) is 11.0. The number of aromatic nitrogens is 1. The van der Waals surface area contributed by atoms with Crippen LogP contribution in [0.3, 0.4) is 0 Å². The first-order chi connectivity index (χ1) is 7.59. The second kappa shape index (κ2) is 4.18. The number of aryl methyl sites for hydroxylation is 2. The molecule has 4 heteroatoms. The van der Waals surface area contributed by atoms with Crippen LogP contribution in [0.5, 0.6) is 0 Å². The maximum absolute atomic E-state index is 10.5. The van der Waals surface area contributed by atoms with Gasteiger partial charge in [-0.3, -0.25) is 4.79 Å². The molecule has 0 saturated heterocycles. The molecule has 0 aliphatic carbocycles. The molecule has 0 aliphatic rings. The second-order valence-corrected chi connectivity index (χ2v) is 4.19. The van der Waals surface area contributed by atoms with Gasteiger partial charge in [-0.05, 0) is 25.0 Å². The van der Waals surface area contributed by atoms with Crippen molar-refractivity contribution in [1.29, 1.82) is 0 Å². The molecule has 0 unspecified atom stereocenters. The van der Waals surface area contributed by atoms with Crippen LogP contribution in [0, 0.1) is 6.92 Å². The Kier molecular flexibility index (Phi) is 2.88. The molecule has 0 fully saturated rings. The molecule has 2 aromatic rings. The maximum Gasteiger partial charge on any atom is 0.303 e. The molecule has 0 radical (unpaired) electrons. The fourth-order valence-corrected chi connectivity index (χ4v) is 2.07. The number of aliphatic carboxylic acids is 1. The van der Waals surface area contributed by atoms with Crippen LogP contribution in [0.1, 0.15) is 17.7 Å². The molecule has 0 bridgehead atoms. The molecular formula is C12H12ClNO2. The van der Waals surface area contributed by atoms with E-state index in [-0.39, 0.29) is 6.42 Å². The normalized spacial score (nSPS) is 10.9. The lowest BCUT2D eigenvalue weighted by atomic mass is 10.1. The third-order valence-corrected chi connectivity index (χ3v) is 3.05. The highest BCUT2D eigenvalue weighted by Gasteiger charge is 2.10. The molecule has 0 amide bonds.